The first-order chi connectivity index (χ1) is 32.0. The maximum atomic E-state index is 5.42. The molecule has 0 atom stereocenters. The van der Waals surface area contributed by atoms with Crippen molar-refractivity contribution >= 4 is 76.2 Å². The van der Waals surface area contributed by atoms with Crippen LogP contribution in [0.4, 0.5) is 0 Å². The predicted octanol–water partition coefficient (Wildman–Crippen LogP) is 15.8. The fourth-order valence-electron chi connectivity index (χ4n) is 11.2. The Balaban J connectivity index is 0.964. The second-order valence-corrected chi connectivity index (χ2v) is 18.2. The van der Waals surface area contributed by atoms with Crippen LogP contribution in [0.5, 0.6) is 0 Å². The number of hydrogen-bond acceptors (Lipinski definition) is 2. The maximum Gasteiger partial charge on any atom is 0.0979 e. The molecule has 65 heavy (non-hydrogen) atoms. The average molecular weight is 829 g/mol. The molecule has 3 heterocycles. The number of hydrogen-bond donors (Lipinski definition) is 0. The molecule has 0 saturated heterocycles. The van der Waals surface area contributed by atoms with E-state index >= 15 is 0 Å². The lowest BCUT2D eigenvalue weighted by molar-refractivity contribution is 0.660. The van der Waals surface area contributed by atoms with Gasteiger partial charge in [0.2, 0.25) is 0 Å². The van der Waals surface area contributed by atoms with Gasteiger partial charge in [-0.15, -0.1) is 0 Å². The van der Waals surface area contributed by atoms with Crippen LogP contribution in [0.1, 0.15) is 25.0 Å². The van der Waals surface area contributed by atoms with Crippen LogP contribution >= 0.6 is 0 Å². The van der Waals surface area contributed by atoms with E-state index in [1.807, 2.05) is 12.1 Å². The molecular weight excluding hydrogens is 789 g/mol. The summed E-state index contributed by atoms with van der Waals surface area (Å²) >= 11 is 0. The van der Waals surface area contributed by atoms with E-state index < -0.39 is 0 Å². The standard InChI is InChI=1S/C61H40N4/c1-61(2)50-20-8-5-18-47(50)58-48(19-13-21-51(58)61)60-59(62-52-22-9-10-23-53(52)63-60)41-27-26-40-33-42(29-28-39(40)32-41)65-56-35-38-15-4-3-14-37(38)34-49(56)46-31-30-43(36-57(46)65)64-54-24-11-6-16-44(54)45-17-7-12-25-55(45)64/h3-36H,1-2H3. The zero-order chi connectivity index (χ0) is 43.0. The molecule has 0 unspecified atom stereocenters. The van der Waals surface area contributed by atoms with Gasteiger partial charge in [-0.05, 0) is 111 Å². The smallest absolute Gasteiger partial charge is 0.0979 e. The van der Waals surface area contributed by atoms with Gasteiger partial charge in [0.25, 0.3) is 0 Å². The number of fused-ring (bicyclic) bond motifs is 12. The van der Waals surface area contributed by atoms with Gasteiger partial charge in [0.05, 0.1) is 44.5 Å². The van der Waals surface area contributed by atoms with E-state index in [1.54, 1.807) is 0 Å². The average Bonchev–Trinajstić information content (AvgIpc) is 3.94. The quantitative estimate of drug-likeness (QED) is 0.177. The van der Waals surface area contributed by atoms with Crippen LogP contribution in [0, 0.1) is 0 Å². The molecule has 0 aliphatic heterocycles. The summed E-state index contributed by atoms with van der Waals surface area (Å²) < 4.78 is 4.88. The molecule has 3 aromatic heterocycles. The van der Waals surface area contributed by atoms with Crippen LogP contribution in [-0.4, -0.2) is 19.1 Å². The molecule has 0 fully saturated rings. The Kier molecular flexibility index (Phi) is 7.42. The molecule has 0 bridgehead atoms. The first kappa shape index (κ1) is 36.2. The lowest BCUT2D eigenvalue weighted by atomic mass is 9.82. The lowest BCUT2D eigenvalue weighted by Crippen LogP contribution is -2.14. The zero-order valence-corrected chi connectivity index (χ0v) is 35.9. The molecule has 4 heteroatoms. The van der Waals surface area contributed by atoms with Gasteiger partial charge in [-0.2, -0.15) is 0 Å². The fraction of sp³-hybridized carbons (Fsp3) is 0.0492. The summed E-state index contributed by atoms with van der Waals surface area (Å²) in [5.74, 6) is 0. The first-order valence-corrected chi connectivity index (χ1v) is 22.5. The van der Waals surface area contributed by atoms with Crippen molar-refractivity contribution in [3.8, 4) is 45.0 Å². The van der Waals surface area contributed by atoms with Crippen molar-refractivity contribution in [2.75, 3.05) is 0 Å². The molecular formula is C61H40N4. The summed E-state index contributed by atoms with van der Waals surface area (Å²) in [4.78, 5) is 10.8. The van der Waals surface area contributed by atoms with Crippen LogP contribution in [-0.2, 0) is 5.41 Å². The Labute approximate surface area is 375 Å². The van der Waals surface area contributed by atoms with Gasteiger partial charge < -0.3 is 9.13 Å². The van der Waals surface area contributed by atoms with Crippen molar-refractivity contribution in [2.45, 2.75) is 19.3 Å². The summed E-state index contributed by atoms with van der Waals surface area (Å²) in [6.07, 6.45) is 0. The van der Waals surface area contributed by atoms with Crippen molar-refractivity contribution in [1.29, 1.82) is 0 Å². The van der Waals surface area contributed by atoms with Crippen LogP contribution in [0.3, 0.4) is 0 Å². The molecule has 1 aliphatic rings. The highest BCUT2D eigenvalue weighted by Crippen LogP contribution is 2.52. The number of nitrogens with zero attached hydrogens (tertiary/aromatic N) is 4. The van der Waals surface area contributed by atoms with E-state index in [9.17, 15) is 0 Å². The molecule has 1 aliphatic carbocycles. The molecule has 0 N–H and O–H groups in total. The van der Waals surface area contributed by atoms with Gasteiger partial charge in [-0.1, -0.05) is 153 Å². The molecule has 0 amide bonds. The van der Waals surface area contributed by atoms with E-state index in [2.05, 4.69) is 217 Å². The maximum absolute atomic E-state index is 5.42. The monoisotopic (exact) mass is 828 g/mol. The number of aromatic nitrogens is 4. The van der Waals surface area contributed by atoms with E-state index in [4.69, 9.17) is 9.97 Å². The van der Waals surface area contributed by atoms with Crippen LogP contribution in [0.15, 0.2) is 206 Å². The van der Waals surface area contributed by atoms with Gasteiger partial charge in [-0.3, -0.25) is 0 Å². The predicted molar refractivity (Wildman–Crippen MR) is 272 cm³/mol. The normalized spacial score (nSPS) is 13.2. The minimum atomic E-state index is -0.122. The van der Waals surface area contributed by atoms with E-state index in [1.165, 1.54) is 76.6 Å². The highest BCUT2D eigenvalue weighted by Gasteiger charge is 2.37. The number of benzene rings is 10. The minimum absolute atomic E-state index is 0.122. The topological polar surface area (TPSA) is 35.6 Å². The van der Waals surface area contributed by atoms with Crippen LogP contribution in [0.25, 0.3) is 121 Å². The van der Waals surface area contributed by atoms with E-state index in [0.717, 1.165) is 55.7 Å². The summed E-state index contributed by atoms with van der Waals surface area (Å²) in [6.45, 7) is 4.66. The third kappa shape index (κ3) is 5.19. The van der Waals surface area contributed by atoms with Crippen LogP contribution in [0.2, 0.25) is 0 Å². The summed E-state index contributed by atoms with van der Waals surface area (Å²) in [6, 6.07) is 75.3. The molecule has 10 aromatic carbocycles. The Bertz CT molecular complexity index is 4110. The minimum Gasteiger partial charge on any atom is -0.309 e. The van der Waals surface area contributed by atoms with Gasteiger partial charge in [0.15, 0.2) is 0 Å². The van der Waals surface area contributed by atoms with Gasteiger partial charge >= 0.3 is 0 Å². The number of para-hydroxylation sites is 4. The van der Waals surface area contributed by atoms with Gasteiger partial charge in [0.1, 0.15) is 0 Å². The Morgan fingerprint density at radius 3 is 1.69 bits per heavy atom. The SMILES string of the molecule is CC1(C)c2ccccc2-c2c(-c3nc4ccccc4nc3-c3ccc4cc(-n5c6cc(-n7c8ccccc8c8ccccc87)ccc6c6cc7ccccc7cc65)ccc4c3)cccc21. The van der Waals surface area contributed by atoms with Crippen molar-refractivity contribution < 1.29 is 0 Å². The molecule has 0 radical (unpaired) electrons. The molecule has 14 rings (SSSR count). The first-order valence-electron chi connectivity index (χ1n) is 22.5. The molecule has 304 valence electrons. The van der Waals surface area contributed by atoms with Crippen molar-refractivity contribution in [2.24, 2.45) is 0 Å². The Morgan fingerprint density at radius 1 is 0.354 bits per heavy atom. The molecule has 0 spiro atoms. The van der Waals surface area contributed by atoms with Crippen molar-refractivity contribution in [3.05, 3.63) is 217 Å². The molecule has 0 saturated carbocycles. The summed E-state index contributed by atoms with van der Waals surface area (Å²) in [5.41, 5.74) is 17.8. The lowest BCUT2D eigenvalue weighted by Gasteiger charge is -2.21. The molecule has 13 aromatic rings. The van der Waals surface area contributed by atoms with Gasteiger partial charge in [0, 0.05) is 49.5 Å². The van der Waals surface area contributed by atoms with Crippen LogP contribution < -0.4 is 0 Å². The molecule has 4 nitrogen and oxygen atoms in total. The highest BCUT2D eigenvalue weighted by atomic mass is 15.0. The van der Waals surface area contributed by atoms with Crippen molar-refractivity contribution in [1.82, 2.24) is 19.1 Å². The van der Waals surface area contributed by atoms with Gasteiger partial charge in [-0.25, -0.2) is 9.97 Å². The summed E-state index contributed by atoms with van der Waals surface area (Å²) in [7, 11) is 0. The third-order valence-corrected chi connectivity index (χ3v) is 14.2. The Hall–Kier alpha value is -8.34. The second kappa shape index (κ2) is 13.3. The summed E-state index contributed by atoms with van der Waals surface area (Å²) in [5, 5.41) is 9.75. The third-order valence-electron chi connectivity index (χ3n) is 14.2. The highest BCUT2D eigenvalue weighted by molar-refractivity contribution is 6.15. The largest absolute Gasteiger partial charge is 0.309 e. The van der Waals surface area contributed by atoms with E-state index in [0.29, 0.717) is 0 Å². The Morgan fingerprint density at radius 2 is 0.892 bits per heavy atom. The van der Waals surface area contributed by atoms with E-state index in [-0.39, 0.29) is 5.41 Å². The second-order valence-electron chi connectivity index (χ2n) is 18.2. The number of rotatable bonds is 4. The fourth-order valence-corrected chi connectivity index (χ4v) is 11.2. The van der Waals surface area contributed by atoms with Crippen molar-refractivity contribution in [3.63, 3.8) is 0 Å². The zero-order valence-electron chi connectivity index (χ0n) is 35.9.